The molecule has 0 aliphatic rings. The van der Waals surface area contributed by atoms with E-state index >= 15 is 0 Å². The largest absolute Gasteiger partial charge is 0.497 e. The molecule has 7 nitrogen and oxygen atoms in total. The van der Waals surface area contributed by atoms with Gasteiger partial charge in [0.1, 0.15) is 28.5 Å². The first-order chi connectivity index (χ1) is 15.6. The van der Waals surface area contributed by atoms with Crippen LogP contribution < -0.4 is 20.1 Å². The highest BCUT2D eigenvalue weighted by molar-refractivity contribution is 7.19. The Labute approximate surface area is 190 Å². The molecule has 0 saturated carbocycles. The number of anilines is 2. The predicted octanol–water partition coefficient (Wildman–Crippen LogP) is 5.12. The fourth-order valence-corrected chi connectivity index (χ4v) is 4.56. The van der Waals surface area contributed by atoms with Gasteiger partial charge >= 0.3 is 0 Å². The number of methoxy groups -OCH3 is 2. The van der Waals surface area contributed by atoms with Gasteiger partial charge in [0.05, 0.1) is 25.3 Å². The number of aryl methyl sites for hydroxylation is 1. The van der Waals surface area contributed by atoms with Crippen molar-refractivity contribution in [1.82, 2.24) is 9.97 Å². The van der Waals surface area contributed by atoms with E-state index in [1.807, 2.05) is 18.2 Å². The number of hydrogen-bond acceptors (Lipinski definition) is 7. The van der Waals surface area contributed by atoms with Crippen molar-refractivity contribution in [2.24, 2.45) is 0 Å². The smallest absolute Gasteiger partial charge is 0.226 e. The third-order valence-corrected chi connectivity index (χ3v) is 6.07. The third-order valence-electron chi connectivity index (χ3n) is 5.05. The molecule has 0 aliphatic heterocycles. The minimum absolute atomic E-state index is 0.140. The Kier molecular flexibility index (Phi) is 6.51. The maximum atomic E-state index is 12.5. The van der Waals surface area contributed by atoms with Crippen LogP contribution in [0.2, 0.25) is 0 Å². The molecular weight excluding hydrogens is 424 g/mol. The number of thiophene rings is 1. The second kappa shape index (κ2) is 9.65. The van der Waals surface area contributed by atoms with Crippen molar-refractivity contribution in [3.63, 3.8) is 0 Å². The van der Waals surface area contributed by atoms with Crippen molar-refractivity contribution in [2.45, 2.75) is 13.3 Å². The number of fused-ring (bicyclic) bond motifs is 1. The van der Waals surface area contributed by atoms with Crippen LogP contribution in [-0.4, -0.2) is 36.6 Å². The molecule has 2 N–H and O–H groups in total. The second-order valence-electron chi connectivity index (χ2n) is 7.09. The normalized spacial score (nSPS) is 10.7. The number of aromatic nitrogens is 2. The summed E-state index contributed by atoms with van der Waals surface area (Å²) in [4.78, 5) is 23.5. The molecule has 1 amide bonds. The molecule has 4 aromatic rings. The molecule has 164 valence electrons. The van der Waals surface area contributed by atoms with Gasteiger partial charge in [0.2, 0.25) is 5.91 Å². The average Bonchev–Trinajstić information content (AvgIpc) is 3.16. The number of carbonyl (C=O) groups is 1. The maximum absolute atomic E-state index is 12.5. The van der Waals surface area contributed by atoms with E-state index in [4.69, 9.17) is 9.47 Å². The molecular formula is C24H24N4O3S. The lowest BCUT2D eigenvalue weighted by Gasteiger charge is -2.12. The van der Waals surface area contributed by atoms with Crippen LogP contribution in [0, 0.1) is 6.92 Å². The van der Waals surface area contributed by atoms with Crippen LogP contribution >= 0.6 is 11.3 Å². The fraction of sp³-hybridized carbons (Fsp3) is 0.208. The summed E-state index contributed by atoms with van der Waals surface area (Å²) in [5.74, 6) is 1.80. The van der Waals surface area contributed by atoms with Crippen LogP contribution in [0.4, 0.5) is 11.5 Å². The summed E-state index contributed by atoms with van der Waals surface area (Å²) in [6.45, 7) is 2.51. The zero-order chi connectivity index (χ0) is 22.5. The minimum Gasteiger partial charge on any atom is -0.497 e. The summed E-state index contributed by atoms with van der Waals surface area (Å²) < 4.78 is 10.6. The number of nitrogens with one attached hydrogen (secondary N) is 2. The van der Waals surface area contributed by atoms with E-state index in [1.54, 1.807) is 50.1 Å². The summed E-state index contributed by atoms with van der Waals surface area (Å²) >= 11 is 1.64. The Morgan fingerprint density at radius 3 is 2.62 bits per heavy atom. The number of ether oxygens (including phenoxy) is 2. The highest BCUT2D eigenvalue weighted by Gasteiger charge is 2.17. The number of benzene rings is 2. The Balaban J connectivity index is 1.49. The molecule has 4 rings (SSSR count). The molecule has 2 aromatic carbocycles. The van der Waals surface area contributed by atoms with Gasteiger partial charge < -0.3 is 20.1 Å². The van der Waals surface area contributed by atoms with Gasteiger partial charge in [-0.3, -0.25) is 4.79 Å². The third kappa shape index (κ3) is 4.50. The van der Waals surface area contributed by atoms with E-state index in [9.17, 15) is 4.79 Å². The molecule has 0 spiro atoms. The molecule has 32 heavy (non-hydrogen) atoms. The van der Waals surface area contributed by atoms with Crippen molar-refractivity contribution in [3.8, 4) is 22.6 Å². The van der Waals surface area contributed by atoms with Gasteiger partial charge in [-0.15, -0.1) is 11.3 Å². The quantitative estimate of drug-likeness (QED) is 0.389. The molecule has 0 unspecified atom stereocenters. The van der Waals surface area contributed by atoms with Crippen molar-refractivity contribution in [2.75, 3.05) is 31.4 Å². The van der Waals surface area contributed by atoms with Crippen molar-refractivity contribution in [3.05, 3.63) is 59.7 Å². The number of carbonyl (C=O) groups excluding carboxylic acids is 1. The van der Waals surface area contributed by atoms with Gasteiger partial charge in [0.15, 0.2) is 0 Å². The van der Waals surface area contributed by atoms with Crippen LogP contribution in [0.15, 0.2) is 54.9 Å². The van der Waals surface area contributed by atoms with Crippen molar-refractivity contribution < 1.29 is 14.3 Å². The summed E-state index contributed by atoms with van der Waals surface area (Å²) in [6.07, 6.45) is 1.81. The summed E-state index contributed by atoms with van der Waals surface area (Å²) in [7, 11) is 3.14. The van der Waals surface area contributed by atoms with E-state index in [1.165, 1.54) is 4.88 Å². The Morgan fingerprint density at radius 1 is 1.06 bits per heavy atom. The van der Waals surface area contributed by atoms with Gasteiger partial charge in [-0.1, -0.05) is 30.3 Å². The highest BCUT2D eigenvalue weighted by atomic mass is 32.1. The van der Waals surface area contributed by atoms with Crippen LogP contribution in [0.3, 0.4) is 0 Å². The summed E-state index contributed by atoms with van der Waals surface area (Å²) in [5, 5.41) is 7.19. The van der Waals surface area contributed by atoms with E-state index in [-0.39, 0.29) is 12.3 Å². The Bertz CT molecular complexity index is 1240. The van der Waals surface area contributed by atoms with Crippen LogP contribution in [0.1, 0.15) is 11.3 Å². The lowest BCUT2D eigenvalue weighted by molar-refractivity contribution is -0.116. The summed E-state index contributed by atoms with van der Waals surface area (Å²) in [5.41, 5.74) is 2.82. The van der Waals surface area contributed by atoms with E-state index in [0.717, 1.165) is 27.2 Å². The lowest BCUT2D eigenvalue weighted by atomic mass is 10.0. The zero-order valence-electron chi connectivity index (χ0n) is 18.1. The Morgan fingerprint density at radius 2 is 1.88 bits per heavy atom. The van der Waals surface area contributed by atoms with Gasteiger partial charge in [-0.2, -0.15) is 0 Å². The first kappa shape index (κ1) is 21.6. The number of amides is 1. The van der Waals surface area contributed by atoms with E-state index in [0.29, 0.717) is 23.7 Å². The standard InChI is InChI=1S/C24H24N4O3S/c1-15-21(16-7-5-4-6-8-16)22-23(26-14-27-24(22)32-15)25-12-11-20(29)28-18-13-17(30-2)9-10-19(18)31-3/h4-10,13-14H,11-12H2,1-3H3,(H,28,29)(H,25,26,27). The molecule has 8 heteroatoms. The van der Waals surface area contributed by atoms with Gasteiger partial charge in [0, 0.05) is 29.5 Å². The maximum Gasteiger partial charge on any atom is 0.226 e. The summed E-state index contributed by atoms with van der Waals surface area (Å²) in [6, 6.07) is 15.5. The monoisotopic (exact) mass is 448 g/mol. The number of rotatable bonds is 8. The van der Waals surface area contributed by atoms with Crippen LogP contribution in [0.5, 0.6) is 11.5 Å². The number of hydrogen-bond donors (Lipinski definition) is 2. The first-order valence-corrected chi connectivity index (χ1v) is 11.0. The lowest BCUT2D eigenvalue weighted by Crippen LogP contribution is -2.17. The van der Waals surface area contributed by atoms with E-state index in [2.05, 4.69) is 39.7 Å². The zero-order valence-corrected chi connectivity index (χ0v) is 19.0. The Hall–Kier alpha value is -3.65. The van der Waals surface area contributed by atoms with Crippen LogP contribution in [-0.2, 0) is 4.79 Å². The van der Waals surface area contributed by atoms with Crippen molar-refractivity contribution in [1.29, 1.82) is 0 Å². The number of nitrogens with zero attached hydrogens (tertiary/aromatic N) is 2. The predicted molar refractivity (Wildman–Crippen MR) is 129 cm³/mol. The minimum atomic E-state index is -0.140. The molecule has 2 heterocycles. The second-order valence-corrected chi connectivity index (χ2v) is 8.30. The van der Waals surface area contributed by atoms with Gasteiger partial charge in [-0.25, -0.2) is 9.97 Å². The highest BCUT2D eigenvalue weighted by Crippen LogP contribution is 2.40. The molecule has 0 saturated heterocycles. The van der Waals surface area contributed by atoms with Gasteiger partial charge in [-0.05, 0) is 24.6 Å². The van der Waals surface area contributed by atoms with E-state index < -0.39 is 0 Å². The SMILES string of the molecule is COc1ccc(OC)c(NC(=O)CCNc2ncnc3sc(C)c(-c4ccccc4)c23)c1. The topological polar surface area (TPSA) is 85.4 Å². The average molecular weight is 449 g/mol. The first-order valence-electron chi connectivity index (χ1n) is 10.2. The molecule has 0 aliphatic carbocycles. The molecule has 0 radical (unpaired) electrons. The molecule has 2 aromatic heterocycles. The molecule has 0 fully saturated rings. The van der Waals surface area contributed by atoms with Crippen molar-refractivity contribution >= 4 is 39.0 Å². The van der Waals surface area contributed by atoms with Crippen LogP contribution in [0.25, 0.3) is 21.3 Å². The molecule has 0 bridgehead atoms. The van der Waals surface area contributed by atoms with Gasteiger partial charge in [0.25, 0.3) is 0 Å². The fourth-order valence-electron chi connectivity index (χ4n) is 3.55. The molecule has 0 atom stereocenters.